The highest BCUT2D eigenvalue weighted by Gasteiger charge is 2.15. The molecule has 0 aliphatic rings. The van der Waals surface area contributed by atoms with Gasteiger partial charge in [-0.1, -0.05) is 48.5 Å². The van der Waals surface area contributed by atoms with Crippen LogP contribution in [0, 0.1) is 12.7 Å². The first-order valence-electron chi connectivity index (χ1n) is 11.3. The predicted molar refractivity (Wildman–Crippen MR) is 135 cm³/mol. The number of hydrogen-bond acceptors (Lipinski definition) is 3. The van der Waals surface area contributed by atoms with Gasteiger partial charge in [0.2, 0.25) is 0 Å². The number of aryl methyl sites for hydroxylation is 1. The molecule has 0 bridgehead atoms. The van der Waals surface area contributed by atoms with Gasteiger partial charge in [-0.2, -0.15) is 0 Å². The minimum absolute atomic E-state index is 0.0346. The molecule has 6 aromatic rings. The third-order valence-electron chi connectivity index (χ3n) is 6.40. The maximum absolute atomic E-state index is 13.3. The summed E-state index contributed by atoms with van der Waals surface area (Å²) in [7, 11) is 0. The van der Waals surface area contributed by atoms with Crippen LogP contribution in [-0.4, -0.2) is 25.3 Å². The summed E-state index contributed by atoms with van der Waals surface area (Å²) in [5.41, 5.74) is 7.00. The van der Waals surface area contributed by atoms with Gasteiger partial charge in [0.15, 0.2) is 5.78 Å². The first-order chi connectivity index (χ1) is 17.1. The van der Waals surface area contributed by atoms with E-state index in [9.17, 15) is 9.18 Å². The number of nitrogens with zero attached hydrogens (tertiary/aromatic N) is 3. The fraction of sp³-hybridized carbons (Fsp3) is 0.0690. The Labute approximate surface area is 200 Å². The van der Waals surface area contributed by atoms with Crippen molar-refractivity contribution in [3.63, 3.8) is 0 Å². The highest BCUT2D eigenvalue weighted by Crippen LogP contribution is 2.28. The second kappa shape index (κ2) is 8.33. The highest BCUT2D eigenvalue weighted by atomic mass is 19.1. The van der Waals surface area contributed by atoms with E-state index in [-0.39, 0.29) is 11.6 Å². The minimum Gasteiger partial charge on any atom is -0.360 e. The monoisotopic (exact) mass is 460 g/mol. The molecule has 0 radical (unpaired) electrons. The van der Waals surface area contributed by atoms with E-state index in [2.05, 4.69) is 19.5 Å². The number of benzene rings is 3. The van der Waals surface area contributed by atoms with Crippen molar-refractivity contribution in [3.05, 3.63) is 120 Å². The average molecular weight is 461 g/mol. The lowest BCUT2D eigenvalue weighted by Gasteiger charge is -2.08. The number of carbonyl (C=O) groups excluding carboxylic acids is 1. The van der Waals surface area contributed by atoms with E-state index < -0.39 is 0 Å². The molecule has 1 N–H and O–H groups in total. The van der Waals surface area contributed by atoms with Gasteiger partial charge >= 0.3 is 0 Å². The van der Waals surface area contributed by atoms with E-state index >= 15 is 0 Å². The summed E-state index contributed by atoms with van der Waals surface area (Å²) in [6.45, 7) is 2.65. The Bertz CT molecular complexity index is 1700. The van der Waals surface area contributed by atoms with Crippen molar-refractivity contribution in [2.75, 3.05) is 0 Å². The molecule has 6 rings (SSSR count). The molecular formula is C29H21FN4O. The van der Waals surface area contributed by atoms with Gasteiger partial charge in [0, 0.05) is 41.0 Å². The SMILES string of the molecule is Cc1nc2cnccc2n1Cc1ccc(C(=O)c2c[nH]c3cc(-c4ccc(F)cc4)ccc23)cc1. The van der Waals surface area contributed by atoms with Gasteiger partial charge in [-0.15, -0.1) is 0 Å². The van der Waals surface area contributed by atoms with Crippen molar-refractivity contribution in [2.45, 2.75) is 13.5 Å². The van der Waals surface area contributed by atoms with Crippen LogP contribution in [0.3, 0.4) is 0 Å². The van der Waals surface area contributed by atoms with Gasteiger partial charge in [0.25, 0.3) is 0 Å². The van der Waals surface area contributed by atoms with Crippen molar-refractivity contribution in [2.24, 2.45) is 0 Å². The first kappa shape index (κ1) is 21.0. The minimum atomic E-state index is -0.264. The molecule has 0 fully saturated rings. The molecule has 3 aromatic heterocycles. The summed E-state index contributed by atoms with van der Waals surface area (Å²) in [5, 5.41) is 0.860. The number of rotatable bonds is 5. The van der Waals surface area contributed by atoms with E-state index in [1.807, 2.05) is 55.5 Å². The van der Waals surface area contributed by atoms with Crippen LogP contribution >= 0.6 is 0 Å². The zero-order valence-corrected chi connectivity index (χ0v) is 19.0. The third-order valence-corrected chi connectivity index (χ3v) is 6.40. The second-order valence-corrected chi connectivity index (χ2v) is 8.61. The number of aromatic nitrogens is 4. The molecule has 0 atom stereocenters. The highest BCUT2D eigenvalue weighted by molar-refractivity contribution is 6.16. The number of halogens is 1. The van der Waals surface area contributed by atoms with Crippen molar-refractivity contribution in [1.29, 1.82) is 0 Å². The maximum atomic E-state index is 13.3. The largest absolute Gasteiger partial charge is 0.360 e. The normalized spacial score (nSPS) is 11.4. The molecule has 170 valence electrons. The van der Waals surface area contributed by atoms with Gasteiger partial charge in [0.05, 0.1) is 11.7 Å². The van der Waals surface area contributed by atoms with Crippen LogP contribution in [0.4, 0.5) is 4.39 Å². The molecule has 6 heteroatoms. The lowest BCUT2D eigenvalue weighted by atomic mass is 9.99. The van der Waals surface area contributed by atoms with E-state index in [0.29, 0.717) is 17.7 Å². The summed E-state index contributed by atoms with van der Waals surface area (Å²) in [6.07, 6.45) is 5.29. The number of imidazole rings is 1. The summed E-state index contributed by atoms with van der Waals surface area (Å²) >= 11 is 0. The van der Waals surface area contributed by atoms with Crippen molar-refractivity contribution < 1.29 is 9.18 Å². The Hall–Kier alpha value is -4.58. The number of H-pyrrole nitrogens is 1. The Morgan fingerprint density at radius 3 is 2.54 bits per heavy atom. The maximum Gasteiger partial charge on any atom is 0.195 e. The topological polar surface area (TPSA) is 63.6 Å². The van der Waals surface area contributed by atoms with Crippen LogP contribution in [0.1, 0.15) is 27.3 Å². The van der Waals surface area contributed by atoms with E-state index in [1.54, 1.807) is 30.7 Å². The molecule has 0 saturated heterocycles. The van der Waals surface area contributed by atoms with E-state index in [1.165, 1.54) is 12.1 Å². The lowest BCUT2D eigenvalue weighted by Crippen LogP contribution is -2.04. The van der Waals surface area contributed by atoms with Crippen LogP contribution in [0.5, 0.6) is 0 Å². The third kappa shape index (κ3) is 3.79. The zero-order chi connectivity index (χ0) is 23.9. The number of carbonyl (C=O) groups is 1. The number of nitrogens with one attached hydrogen (secondary N) is 1. The molecule has 0 spiro atoms. The standard InChI is InChI=1S/C29H21FN4O/c1-18-33-27-16-31-13-12-28(27)34(18)17-19-2-4-21(5-3-19)29(35)25-15-32-26-14-22(8-11-24(25)26)20-6-9-23(30)10-7-20/h2-16,32H,17H2,1H3. The van der Waals surface area contributed by atoms with Gasteiger partial charge in [-0.3, -0.25) is 9.78 Å². The number of fused-ring (bicyclic) bond motifs is 2. The quantitative estimate of drug-likeness (QED) is 0.307. The Kier molecular flexibility index (Phi) is 4.99. The number of hydrogen-bond donors (Lipinski definition) is 1. The summed E-state index contributed by atoms with van der Waals surface area (Å²) in [4.78, 5) is 25.2. The molecular weight excluding hydrogens is 439 g/mol. The molecule has 35 heavy (non-hydrogen) atoms. The van der Waals surface area contributed by atoms with Crippen molar-refractivity contribution >= 4 is 27.7 Å². The summed E-state index contributed by atoms with van der Waals surface area (Å²) < 4.78 is 15.4. The van der Waals surface area contributed by atoms with Crippen LogP contribution in [0.15, 0.2) is 91.4 Å². The van der Waals surface area contributed by atoms with Gasteiger partial charge < -0.3 is 9.55 Å². The number of ketones is 1. The zero-order valence-electron chi connectivity index (χ0n) is 19.0. The molecule has 3 aromatic carbocycles. The Morgan fingerprint density at radius 1 is 0.971 bits per heavy atom. The molecule has 0 unspecified atom stereocenters. The Balaban J connectivity index is 1.26. The fourth-order valence-corrected chi connectivity index (χ4v) is 4.54. The number of aromatic amines is 1. The average Bonchev–Trinajstić information content (AvgIpc) is 3.45. The molecule has 0 amide bonds. The van der Waals surface area contributed by atoms with E-state index in [4.69, 9.17) is 0 Å². The lowest BCUT2D eigenvalue weighted by molar-refractivity contribution is 0.104. The number of pyridine rings is 1. The second-order valence-electron chi connectivity index (χ2n) is 8.61. The molecule has 0 aliphatic carbocycles. The predicted octanol–water partition coefficient (Wildman–Crippen LogP) is 6.31. The van der Waals surface area contributed by atoms with Gasteiger partial charge in [-0.05, 0) is 47.9 Å². The first-order valence-corrected chi connectivity index (χ1v) is 11.3. The van der Waals surface area contributed by atoms with Crippen molar-refractivity contribution in [3.8, 4) is 11.1 Å². The molecule has 0 aliphatic heterocycles. The molecule has 0 saturated carbocycles. The summed E-state index contributed by atoms with van der Waals surface area (Å²) in [6, 6.07) is 21.9. The molecule has 5 nitrogen and oxygen atoms in total. The van der Waals surface area contributed by atoms with Crippen molar-refractivity contribution in [1.82, 2.24) is 19.5 Å². The van der Waals surface area contributed by atoms with Crippen LogP contribution in [0.2, 0.25) is 0 Å². The smallest absolute Gasteiger partial charge is 0.195 e. The van der Waals surface area contributed by atoms with Crippen LogP contribution in [0.25, 0.3) is 33.1 Å². The van der Waals surface area contributed by atoms with E-state index in [0.717, 1.165) is 44.5 Å². The van der Waals surface area contributed by atoms with Gasteiger partial charge in [0.1, 0.15) is 17.2 Å². The summed E-state index contributed by atoms with van der Waals surface area (Å²) in [5.74, 6) is 0.624. The van der Waals surface area contributed by atoms with Crippen LogP contribution < -0.4 is 0 Å². The Morgan fingerprint density at radius 2 is 1.74 bits per heavy atom. The van der Waals surface area contributed by atoms with Crippen LogP contribution in [-0.2, 0) is 6.54 Å². The fourth-order valence-electron chi connectivity index (χ4n) is 4.54. The molecule has 3 heterocycles. The van der Waals surface area contributed by atoms with Gasteiger partial charge in [-0.25, -0.2) is 9.37 Å².